The maximum atomic E-state index is 13.4. The van der Waals surface area contributed by atoms with Gasteiger partial charge in [-0.05, 0) is 47.7 Å². The number of halogens is 1. The van der Waals surface area contributed by atoms with Crippen LogP contribution in [0.25, 0.3) is 0 Å². The number of imide groups is 1. The lowest BCUT2D eigenvalue weighted by molar-refractivity contribution is -0.134. The molecule has 31 heavy (non-hydrogen) atoms. The number of unbranched alkanes of at least 4 members (excludes halogenated alkanes) is 1. The van der Waals surface area contributed by atoms with E-state index in [0.717, 1.165) is 16.9 Å². The maximum absolute atomic E-state index is 13.4. The number of benzene rings is 2. The standard InChI is InChI=1S/C24H28FN3O3/c1-4-5-14-24(18-8-10-19(25)11-9-18)22(30)28(23(31)27-24)15-21(29)26-20-12-6-17(7-13-20)16(2)3/h6-13,16H,4-5,14-15H2,1-3H3,(H,26,29)(H,27,31). The van der Waals surface area contributed by atoms with Crippen LogP contribution in [0.15, 0.2) is 48.5 Å². The first kappa shape index (κ1) is 22.5. The molecule has 1 fully saturated rings. The summed E-state index contributed by atoms with van der Waals surface area (Å²) >= 11 is 0. The molecule has 0 aromatic heterocycles. The van der Waals surface area contributed by atoms with E-state index in [1.54, 1.807) is 12.1 Å². The van der Waals surface area contributed by atoms with Gasteiger partial charge in [-0.25, -0.2) is 9.18 Å². The summed E-state index contributed by atoms with van der Waals surface area (Å²) in [7, 11) is 0. The van der Waals surface area contributed by atoms with Crippen LogP contribution in [0.1, 0.15) is 57.1 Å². The van der Waals surface area contributed by atoms with Crippen LogP contribution in [0.3, 0.4) is 0 Å². The molecule has 0 aliphatic carbocycles. The molecule has 1 unspecified atom stereocenters. The van der Waals surface area contributed by atoms with Crippen molar-refractivity contribution in [1.29, 1.82) is 0 Å². The Labute approximate surface area is 181 Å². The molecule has 1 atom stereocenters. The predicted molar refractivity (Wildman–Crippen MR) is 117 cm³/mol. The highest BCUT2D eigenvalue weighted by Gasteiger charge is 2.52. The molecule has 1 aliphatic heterocycles. The summed E-state index contributed by atoms with van der Waals surface area (Å²) in [6, 6.07) is 12.3. The highest BCUT2D eigenvalue weighted by Crippen LogP contribution is 2.34. The minimum atomic E-state index is -1.29. The van der Waals surface area contributed by atoms with Gasteiger partial charge in [0.2, 0.25) is 5.91 Å². The molecule has 1 saturated heterocycles. The zero-order valence-corrected chi connectivity index (χ0v) is 18.1. The Kier molecular flexibility index (Phi) is 6.73. The van der Waals surface area contributed by atoms with E-state index in [2.05, 4.69) is 24.5 Å². The molecule has 1 aliphatic rings. The second kappa shape index (κ2) is 9.29. The van der Waals surface area contributed by atoms with E-state index in [-0.39, 0.29) is 0 Å². The first-order chi connectivity index (χ1) is 14.8. The van der Waals surface area contributed by atoms with Gasteiger partial charge in [-0.15, -0.1) is 0 Å². The van der Waals surface area contributed by atoms with Crippen LogP contribution in [0, 0.1) is 5.82 Å². The van der Waals surface area contributed by atoms with Gasteiger partial charge in [0.1, 0.15) is 17.9 Å². The molecule has 2 aromatic carbocycles. The van der Waals surface area contributed by atoms with Crippen LogP contribution >= 0.6 is 0 Å². The van der Waals surface area contributed by atoms with Gasteiger partial charge in [0.25, 0.3) is 5.91 Å². The highest BCUT2D eigenvalue weighted by atomic mass is 19.1. The Morgan fingerprint density at radius 1 is 1.10 bits per heavy atom. The molecule has 0 radical (unpaired) electrons. The minimum Gasteiger partial charge on any atom is -0.325 e. The van der Waals surface area contributed by atoms with Crippen LogP contribution < -0.4 is 10.6 Å². The second-order valence-electron chi connectivity index (χ2n) is 8.16. The quantitative estimate of drug-likeness (QED) is 0.610. The number of carbonyl (C=O) groups excluding carboxylic acids is 3. The van der Waals surface area contributed by atoms with Gasteiger partial charge in [0.05, 0.1) is 0 Å². The second-order valence-corrected chi connectivity index (χ2v) is 8.16. The van der Waals surface area contributed by atoms with E-state index in [1.165, 1.54) is 24.3 Å². The number of amides is 4. The van der Waals surface area contributed by atoms with Gasteiger partial charge < -0.3 is 10.6 Å². The maximum Gasteiger partial charge on any atom is 0.325 e. The van der Waals surface area contributed by atoms with Gasteiger partial charge in [0, 0.05) is 5.69 Å². The average molecular weight is 426 g/mol. The third kappa shape index (κ3) is 4.76. The first-order valence-electron chi connectivity index (χ1n) is 10.6. The smallest absolute Gasteiger partial charge is 0.325 e. The molecule has 0 spiro atoms. The molecule has 7 heteroatoms. The van der Waals surface area contributed by atoms with E-state index in [9.17, 15) is 18.8 Å². The zero-order valence-electron chi connectivity index (χ0n) is 18.1. The first-order valence-corrected chi connectivity index (χ1v) is 10.6. The van der Waals surface area contributed by atoms with Crippen molar-refractivity contribution in [3.8, 4) is 0 Å². The van der Waals surface area contributed by atoms with Crippen molar-refractivity contribution in [2.45, 2.75) is 51.5 Å². The molecule has 1 heterocycles. The Morgan fingerprint density at radius 3 is 2.32 bits per heavy atom. The van der Waals surface area contributed by atoms with Crippen molar-refractivity contribution < 1.29 is 18.8 Å². The summed E-state index contributed by atoms with van der Waals surface area (Å²) in [5, 5.41) is 5.49. The molecule has 0 saturated carbocycles. The van der Waals surface area contributed by atoms with Crippen molar-refractivity contribution in [2.24, 2.45) is 0 Å². The van der Waals surface area contributed by atoms with Crippen LogP contribution in [-0.2, 0) is 15.1 Å². The Bertz CT molecular complexity index is 957. The monoisotopic (exact) mass is 425 g/mol. The Morgan fingerprint density at radius 2 is 1.74 bits per heavy atom. The fourth-order valence-electron chi connectivity index (χ4n) is 3.75. The van der Waals surface area contributed by atoms with Gasteiger partial charge in [-0.2, -0.15) is 0 Å². The SMILES string of the molecule is CCCCC1(c2ccc(F)cc2)NC(=O)N(CC(=O)Nc2ccc(C(C)C)cc2)C1=O. The van der Waals surface area contributed by atoms with Crippen molar-refractivity contribution in [3.63, 3.8) is 0 Å². The van der Waals surface area contributed by atoms with Gasteiger partial charge in [0.15, 0.2) is 0 Å². The number of rotatable bonds is 8. The predicted octanol–water partition coefficient (Wildman–Crippen LogP) is 4.53. The molecule has 4 amide bonds. The van der Waals surface area contributed by atoms with Crippen molar-refractivity contribution in [3.05, 3.63) is 65.5 Å². The number of carbonyl (C=O) groups is 3. The molecule has 2 N–H and O–H groups in total. The van der Waals surface area contributed by atoms with Crippen LogP contribution in [0.5, 0.6) is 0 Å². The number of urea groups is 1. The van der Waals surface area contributed by atoms with Crippen LogP contribution in [0.4, 0.5) is 14.9 Å². The lowest BCUT2D eigenvalue weighted by Gasteiger charge is -2.27. The Hall–Kier alpha value is -3.22. The van der Waals surface area contributed by atoms with Gasteiger partial charge >= 0.3 is 6.03 Å². The number of hydrogen-bond acceptors (Lipinski definition) is 3. The molecule has 0 bridgehead atoms. The highest BCUT2D eigenvalue weighted by molar-refractivity contribution is 6.10. The lowest BCUT2D eigenvalue weighted by atomic mass is 9.85. The van der Waals surface area contributed by atoms with Crippen molar-refractivity contribution in [1.82, 2.24) is 10.2 Å². The van der Waals surface area contributed by atoms with Crippen LogP contribution in [0.2, 0.25) is 0 Å². The van der Waals surface area contributed by atoms with Crippen molar-refractivity contribution >= 4 is 23.5 Å². The van der Waals surface area contributed by atoms with E-state index < -0.39 is 35.7 Å². The summed E-state index contributed by atoms with van der Waals surface area (Å²) in [6.45, 7) is 5.75. The van der Waals surface area contributed by atoms with E-state index in [0.29, 0.717) is 30.0 Å². The number of nitrogens with one attached hydrogen (secondary N) is 2. The third-order valence-electron chi connectivity index (χ3n) is 5.58. The molecule has 3 rings (SSSR count). The molecule has 2 aromatic rings. The Balaban J connectivity index is 1.77. The zero-order chi connectivity index (χ0) is 22.6. The lowest BCUT2D eigenvalue weighted by Crippen LogP contribution is -2.44. The number of anilines is 1. The van der Waals surface area contributed by atoms with E-state index in [1.807, 2.05) is 19.1 Å². The molecular formula is C24H28FN3O3. The summed E-state index contributed by atoms with van der Waals surface area (Å²) in [5.41, 5.74) is 0.956. The normalized spacial score (nSPS) is 18.4. The summed E-state index contributed by atoms with van der Waals surface area (Å²) < 4.78 is 13.4. The fourth-order valence-corrected chi connectivity index (χ4v) is 3.75. The third-order valence-corrected chi connectivity index (χ3v) is 5.58. The largest absolute Gasteiger partial charge is 0.325 e. The summed E-state index contributed by atoms with van der Waals surface area (Å²) in [4.78, 5) is 39.4. The van der Waals surface area contributed by atoms with Gasteiger partial charge in [-0.3, -0.25) is 14.5 Å². The molecule has 164 valence electrons. The molecular weight excluding hydrogens is 397 g/mol. The summed E-state index contributed by atoms with van der Waals surface area (Å²) in [5.74, 6) is -1.02. The van der Waals surface area contributed by atoms with Gasteiger partial charge in [-0.1, -0.05) is 57.9 Å². The minimum absolute atomic E-state index is 0.370. The number of hydrogen-bond donors (Lipinski definition) is 2. The van der Waals surface area contributed by atoms with E-state index in [4.69, 9.17) is 0 Å². The van der Waals surface area contributed by atoms with E-state index >= 15 is 0 Å². The average Bonchev–Trinajstić information content (AvgIpc) is 2.98. The summed E-state index contributed by atoms with van der Waals surface area (Å²) in [6.07, 6.45) is 1.87. The number of nitrogens with zero attached hydrogens (tertiary/aromatic N) is 1. The van der Waals surface area contributed by atoms with Crippen molar-refractivity contribution in [2.75, 3.05) is 11.9 Å². The molecule has 6 nitrogen and oxygen atoms in total. The topological polar surface area (TPSA) is 78.5 Å². The fraction of sp³-hybridized carbons (Fsp3) is 0.375. The van der Waals surface area contributed by atoms with Crippen LogP contribution in [-0.4, -0.2) is 29.3 Å².